The van der Waals surface area contributed by atoms with Crippen molar-refractivity contribution in [2.45, 2.75) is 18.9 Å². The fourth-order valence-corrected chi connectivity index (χ4v) is 2.69. The van der Waals surface area contributed by atoms with Crippen molar-refractivity contribution in [2.75, 3.05) is 26.3 Å². The van der Waals surface area contributed by atoms with Gasteiger partial charge in [-0.2, -0.15) is 0 Å². The molecule has 106 valence electrons. The quantitative estimate of drug-likeness (QED) is 0.897. The molecule has 1 atom stereocenters. The fourth-order valence-electron chi connectivity index (χ4n) is 2.69. The van der Waals surface area contributed by atoms with Crippen LogP contribution in [0.25, 0.3) is 5.57 Å². The minimum atomic E-state index is 0.0297. The maximum absolute atomic E-state index is 12.3. The monoisotopic (exact) mass is 272 g/mol. The van der Waals surface area contributed by atoms with Gasteiger partial charge < -0.3 is 15.0 Å². The average molecular weight is 272 g/mol. The van der Waals surface area contributed by atoms with Gasteiger partial charge in [-0.1, -0.05) is 36.4 Å². The number of hydrogen-bond acceptors (Lipinski definition) is 2. The highest BCUT2D eigenvalue weighted by atomic mass is 16.5. The van der Waals surface area contributed by atoms with Crippen molar-refractivity contribution in [3.8, 4) is 0 Å². The molecule has 1 fully saturated rings. The molecule has 0 aromatic heterocycles. The lowest BCUT2D eigenvalue weighted by atomic mass is 10.0. The molecule has 1 aromatic carbocycles. The van der Waals surface area contributed by atoms with E-state index in [9.17, 15) is 4.79 Å². The fraction of sp³-hybridized carbons (Fsp3) is 0.438. The van der Waals surface area contributed by atoms with Crippen LogP contribution in [-0.4, -0.2) is 43.3 Å². The number of carbonyl (C=O) groups is 1. The van der Waals surface area contributed by atoms with Crippen LogP contribution in [0.3, 0.4) is 0 Å². The summed E-state index contributed by atoms with van der Waals surface area (Å²) in [5.74, 6) is 0. The largest absolute Gasteiger partial charge is 0.379 e. The maximum Gasteiger partial charge on any atom is 0.318 e. The molecule has 2 heterocycles. The van der Waals surface area contributed by atoms with Crippen molar-refractivity contribution < 1.29 is 9.53 Å². The first-order valence-electron chi connectivity index (χ1n) is 7.20. The Labute approximate surface area is 119 Å². The second kappa shape index (κ2) is 6.09. The zero-order valence-electron chi connectivity index (χ0n) is 11.5. The summed E-state index contributed by atoms with van der Waals surface area (Å²) in [7, 11) is 0. The third-order valence-electron chi connectivity index (χ3n) is 3.84. The second-order valence-corrected chi connectivity index (χ2v) is 5.32. The van der Waals surface area contributed by atoms with Gasteiger partial charge in [0.1, 0.15) is 0 Å². The smallest absolute Gasteiger partial charge is 0.318 e. The van der Waals surface area contributed by atoms with Crippen LogP contribution in [-0.2, 0) is 4.74 Å². The number of benzene rings is 1. The van der Waals surface area contributed by atoms with E-state index in [1.54, 1.807) is 0 Å². The Bertz CT molecular complexity index is 492. The summed E-state index contributed by atoms with van der Waals surface area (Å²) in [4.78, 5) is 14.2. The van der Waals surface area contributed by atoms with Crippen LogP contribution in [0.4, 0.5) is 4.79 Å². The van der Waals surface area contributed by atoms with Crippen molar-refractivity contribution >= 4 is 11.6 Å². The summed E-state index contributed by atoms with van der Waals surface area (Å²) in [6.45, 7) is 2.86. The first-order valence-corrected chi connectivity index (χ1v) is 7.20. The van der Waals surface area contributed by atoms with Crippen LogP contribution in [0.5, 0.6) is 0 Å². The highest BCUT2D eigenvalue weighted by molar-refractivity contribution is 5.79. The average Bonchev–Trinajstić information content (AvgIpc) is 3.01. The number of nitrogens with zero attached hydrogens (tertiary/aromatic N) is 1. The summed E-state index contributed by atoms with van der Waals surface area (Å²) < 4.78 is 5.29. The van der Waals surface area contributed by atoms with E-state index < -0.39 is 0 Å². The molecule has 1 N–H and O–H groups in total. The van der Waals surface area contributed by atoms with Gasteiger partial charge in [0, 0.05) is 19.7 Å². The van der Waals surface area contributed by atoms with Crippen LogP contribution in [0.2, 0.25) is 0 Å². The highest BCUT2D eigenvalue weighted by Gasteiger charge is 2.23. The molecule has 0 radical (unpaired) electrons. The molecule has 0 spiro atoms. The topological polar surface area (TPSA) is 41.6 Å². The molecule has 0 bridgehead atoms. The van der Waals surface area contributed by atoms with Gasteiger partial charge in [0.25, 0.3) is 0 Å². The molecule has 2 aliphatic rings. The van der Waals surface area contributed by atoms with Gasteiger partial charge in [-0.25, -0.2) is 4.79 Å². The van der Waals surface area contributed by atoms with Gasteiger partial charge in [-0.05, 0) is 24.0 Å². The zero-order valence-corrected chi connectivity index (χ0v) is 11.5. The van der Waals surface area contributed by atoms with Gasteiger partial charge in [0.15, 0.2) is 0 Å². The molecule has 0 aliphatic carbocycles. The standard InChI is InChI=1S/C16H20N2O2/c19-16(17-15-8-10-20-12-15)18-9-4-7-14(11-18)13-5-2-1-3-6-13/h1-3,5-7,15H,4,8-12H2,(H,17,19). The van der Waals surface area contributed by atoms with Crippen molar-refractivity contribution in [3.05, 3.63) is 42.0 Å². The van der Waals surface area contributed by atoms with Gasteiger partial charge in [-0.15, -0.1) is 0 Å². The molecule has 20 heavy (non-hydrogen) atoms. The Balaban J connectivity index is 1.62. The van der Waals surface area contributed by atoms with E-state index in [2.05, 4.69) is 23.5 Å². The third-order valence-corrected chi connectivity index (χ3v) is 3.84. The Morgan fingerprint density at radius 3 is 2.90 bits per heavy atom. The van der Waals surface area contributed by atoms with Gasteiger partial charge >= 0.3 is 6.03 Å². The summed E-state index contributed by atoms with van der Waals surface area (Å²) >= 11 is 0. The van der Waals surface area contributed by atoms with E-state index >= 15 is 0 Å². The van der Waals surface area contributed by atoms with E-state index in [1.807, 2.05) is 23.1 Å². The van der Waals surface area contributed by atoms with E-state index in [1.165, 1.54) is 11.1 Å². The normalized spacial score (nSPS) is 22.5. The third kappa shape index (κ3) is 3.02. The Morgan fingerprint density at radius 2 is 2.15 bits per heavy atom. The number of rotatable bonds is 2. The molecule has 4 heteroatoms. The molecule has 1 aromatic rings. The van der Waals surface area contributed by atoms with Crippen LogP contribution in [0, 0.1) is 0 Å². The second-order valence-electron chi connectivity index (χ2n) is 5.32. The summed E-state index contributed by atoms with van der Waals surface area (Å²) in [6, 6.07) is 10.5. The molecule has 1 unspecified atom stereocenters. The summed E-state index contributed by atoms with van der Waals surface area (Å²) in [6.07, 6.45) is 4.07. The molecule has 3 rings (SSSR count). The lowest BCUT2D eigenvalue weighted by Crippen LogP contribution is -2.46. The van der Waals surface area contributed by atoms with Gasteiger partial charge in [-0.3, -0.25) is 0 Å². The van der Waals surface area contributed by atoms with E-state index in [4.69, 9.17) is 4.74 Å². The van der Waals surface area contributed by atoms with Crippen LogP contribution in [0.15, 0.2) is 36.4 Å². The molecule has 0 saturated carbocycles. The Hall–Kier alpha value is -1.81. The van der Waals surface area contributed by atoms with Gasteiger partial charge in [0.2, 0.25) is 0 Å². The number of carbonyl (C=O) groups excluding carboxylic acids is 1. The first kappa shape index (κ1) is 13.2. The zero-order chi connectivity index (χ0) is 13.8. The molecule has 4 nitrogen and oxygen atoms in total. The van der Waals surface area contributed by atoms with E-state index in [0.717, 1.165) is 26.0 Å². The Morgan fingerprint density at radius 1 is 1.30 bits per heavy atom. The molecule has 2 aliphatic heterocycles. The van der Waals surface area contributed by atoms with Crippen molar-refractivity contribution in [1.82, 2.24) is 10.2 Å². The number of urea groups is 1. The first-order chi connectivity index (χ1) is 9.83. The number of nitrogens with one attached hydrogen (secondary N) is 1. The predicted molar refractivity (Wildman–Crippen MR) is 78.4 cm³/mol. The lowest BCUT2D eigenvalue weighted by molar-refractivity contribution is 0.180. The number of amides is 2. The van der Waals surface area contributed by atoms with E-state index in [-0.39, 0.29) is 12.1 Å². The van der Waals surface area contributed by atoms with E-state index in [0.29, 0.717) is 13.2 Å². The van der Waals surface area contributed by atoms with Crippen LogP contribution >= 0.6 is 0 Å². The van der Waals surface area contributed by atoms with Crippen molar-refractivity contribution in [3.63, 3.8) is 0 Å². The number of hydrogen-bond donors (Lipinski definition) is 1. The van der Waals surface area contributed by atoms with Crippen molar-refractivity contribution in [2.24, 2.45) is 0 Å². The lowest BCUT2D eigenvalue weighted by Gasteiger charge is -2.29. The molecule has 2 amide bonds. The minimum Gasteiger partial charge on any atom is -0.379 e. The molecule has 1 saturated heterocycles. The van der Waals surface area contributed by atoms with Crippen LogP contribution < -0.4 is 5.32 Å². The maximum atomic E-state index is 12.3. The summed E-state index contributed by atoms with van der Waals surface area (Å²) in [5.41, 5.74) is 2.43. The Kier molecular flexibility index (Phi) is 4.02. The van der Waals surface area contributed by atoms with Crippen LogP contribution in [0.1, 0.15) is 18.4 Å². The molecular formula is C16H20N2O2. The van der Waals surface area contributed by atoms with Gasteiger partial charge in [0.05, 0.1) is 12.6 Å². The van der Waals surface area contributed by atoms with Crippen molar-refractivity contribution in [1.29, 1.82) is 0 Å². The predicted octanol–water partition coefficient (Wildman–Crippen LogP) is 2.27. The SMILES string of the molecule is O=C(NC1CCOC1)N1CCC=C(c2ccccc2)C1. The summed E-state index contributed by atoms with van der Waals surface area (Å²) in [5, 5.41) is 3.06. The minimum absolute atomic E-state index is 0.0297. The molecular weight excluding hydrogens is 252 g/mol. The highest BCUT2D eigenvalue weighted by Crippen LogP contribution is 2.20. The number of ether oxygens (including phenoxy) is 1.